The summed E-state index contributed by atoms with van der Waals surface area (Å²) in [6.45, 7) is 6.14. The second-order valence-corrected chi connectivity index (χ2v) is 9.01. The number of piperazine rings is 2. The first-order valence-corrected chi connectivity index (χ1v) is 11.9. The predicted molar refractivity (Wildman–Crippen MR) is 121 cm³/mol. The summed E-state index contributed by atoms with van der Waals surface area (Å²) in [6.07, 6.45) is 0. The van der Waals surface area contributed by atoms with Crippen molar-refractivity contribution in [1.29, 1.82) is 0 Å². The molecule has 3 rings (SSSR count). The number of benzene rings is 1. The third kappa shape index (κ3) is 8.89. The van der Waals surface area contributed by atoms with Crippen molar-refractivity contribution < 1.29 is 22.9 Å². The van der Waals surface area contributed by atoms with Gasteiger partial charge in [0.1, 0.15) is 5.69 Å². The summed E-state index contributed by atoms with van der Waals surface area (Å²) in [6, 6.07) is 3.44. The molecule has 0 saturated carbocycles. The normalized spacial score (nSPS) is 17.4. The van der Waals surface area contributed by atoms with Crippen molar-refractivity contribution in [3.8, 4) is 0 Å². The van der Waals surface area contributed by atoms with Crippen LogP contribution in [-0.4, -0.2) is 100 Å². The fraction of sp³-hybridized carbons (Fsp3) is 0.556. The zero-order chi connectivity index (χ0) is 24.4. The van der Waals surface area contributed by atoms with Gasteiger partial charge in [-0.25, -0.2) is 13.6 Å². The van der Waals surface area contributed by atoms with Gasteiger partial charge in [-0.15, -0.1) is 0 Å². The van der Waals surface area contributed by atoms with Gasteiger partial charge in [0, 0.05) is 58.4 Å². The third-order valence-corrected chi connectivity index (χ3v) is 5.83. The van der Waals surface area contributed by atoms with Crippen molar-refractivity contribution in [1.82, 2.24) is 20.4 Å². The van der Waals surface area contributed by atoms with Crippen LogP contribution in [0.5, 0.6) is 0 Å². The highest BCUT2D eigenvalue weighted by Crippen LogP contribution is 2.26. The number of rotatable bonds is 8. The van der Waals surface area contributed by atoms with Gasteiger partial charge in [0.05, 0.1) is 22.9 Å². The molecule has 0 unspecified atom stereocenters. The molecule has 2 amide bonds. The molecule has 2 aliphatic heterocycles. The van der Waals surface area contributed by atoms with Gasteiger partial charge in [0.15, 0.2) is 0 Å². The van der Waals surface area contributed by atoms with Crippen LogP contribution in [0.15, 0.2) is 23.1 Å². The predicted octanol–water partition coefficient (Wildman–Crippen LogP) is -2.54. The van der Waals surface area contributed by atoms with Gasteiger partial charge in [-0.3, -0.25) is 29.5 Å². The van der Waals surface area contributed by atoms with E-state index in [1.165, 1.54) is 12.1 Å². The van der Waals surface area contributed by atoms with E-state index in [0.717, 1.165) is 25.7 Å². The summed E-state index contributed by atoms with van der Waals surface area (Å²) >= 11 is 0. The largest absolute Gasteiger partial charge is 0.378 e. The standard InChI is InChI=1S/C12H17N5O5S.C6H13N3O/c13-23(21,22)9-1-2-10(11(7-9)17(19)20)14-3-5-16-6-4-15-12(18)8-16;7-1-3-9-4-2-8-6(10)5-9/h1-2,7,14H,3-6,8H2,(H,15,18)(H2,13,21,22);1-5,7H2,(H,8,10). The number of nitro groups is 1. The van der Waals surface area contributed by atoms with Crippen molar-refractivity contribution in [2.24, 2.45) is 10.9 Å². The van der Waals surface area contributed by atoms with Gasteiger partial charge in [-0.05, 0) is 12.1 Å². The van der Waals surface area contributed by atoms with E-state index in [1.54, 1.807) is 0 Å². The Morgan fingerprint density at radius 2 is 1.64 bits per heavy atom. The highest BCUT2D eigenvalue weighted by molar-refractivity contribution is 7.89. The summed E-state index contributed by atoms with van der Waals surface area (Å²) in [5.74, 6) is 0.0550. The second kappa shape index (κ2) is 12.4. The number of hydrogen-bond acceptors (Lipinski definition) is 10. The lowest BCUT2D eigenvalue weighted by atomic mass is 10.2. The maximum absolute atomic E-state index is 11.3. The van der Waals surface area contributed by atoms with Crippen LogP contribution in [0.3, 0.4) is 0 Å². The van der Waals surface area contributed by atoms with Crippen molar-refractivity contribution in [2.45, 2.75) is 4.90 Å². The highest BCUT2D eigenvalue weighted by Gasteiger charge is 2.20. The fourth-order valence-electron chi connectivity index (χ4n) is 3.28. The summed E-state index contributed by atoms with van der Waals surface area (Å²) < 4.78 is 22.5. The molecule has 0 spiro atoms. The van der Waals surface area contributed by atoms with E-state index in [1.807, 2.05) is 4.90 Å². The highest BCUT2D eigenvalue weighted by atomic mass is 32.2. The van der Waals surface area contributed by atoms with Gasteiger partial charge in [0.25, 0.3) is 5.69 Å². The van der Waals surface area contributed by atoms with Crippen LogP contribution in [0, 0.1) is 10.1 Å². The van der Waals surface area contributed by atoms with E-state index in [4.69, 9.17) is 10.9 Å². The number of carbonyl (C=O) groups excluding carboxylic acids is 2. The van der Waals surface area contributed by atoms with E-state index in [9.17, 15) is 28.1 Å². The average molecular weight is 487 g/mol. The molecule has 2 heterocycles. The lowest BCUT2D eigenvalue weighted by Crippen LogP contribution is -2.48. The van der Waals surface area contributed by atoms with Gasteiger partial charge < -0.3 is 21.7 Å². The molecule has 0 radical (unpaired) electrons. The summed E-state index contributed by atoms with van der Waals surface area (Å²) in [7, 11) is -4.00. The van der Waals surface area contributed by atoms with Gasteiger partial charge >= 0.3 is 0 Å². The number of amides is 2. The Morgan fingerprint density at radius 1 is 1.06 bits per heavy atom. The van der Waals surface area contributed by atoms with Gasteiger partial charge in [-0.2, -0.15) is 0 Å². The number of nitrogens with zero attached hydrogens (tertiary/aromatic N) is 3. The number of carbonyl (C=O) groups is 2. The van der Waals surface area contributed by atoms with Crippen LogP contribution in [0.25, 0.3) is 0 Å². The minimum atomic E-state index is -4.00. The molecule has 0 aliphatic carbocycles. The first kappa shape index (κ1) is 26.4. The molecule has 33 heavy (non-hydrogen) atoms. The zero-order valence-corrected chi connectivity index (χ0v) is 19.0. The Kier molecular flexibility index (Phi) is 9.93. The molecule has 1 aromatic carbocycles. The molecular weight excluding hydrogens is 456 g/mol. The van der Waals surface area contributed by atoms with Crippen LogP contribution < -0.4 is 26.8 Å². The maximum Gasteiger partial charge on any atom is 0.293 e. The molecule has 2 aliphatic rings. The second-order valence-electron chi connectivity index (χ2n) is 7.45. The lowest BCUT2D eigenvalue weighted by Gasteiger charge is -2.26. The molecule has 14 nitrogen and oxygen atoms in total. The molecule has 1 aromatic rings. The quantitative estimate of drug-likeness (QED) is 0.192. The number of nitrogens with one attached hydrogen (secondary N) is 3. The third-order valence-electron chi connectivity index (χ3n) is 4.92. The molecule has 7 N–H and O–H groups in total. The number of nitro benzene ring substituents is 1. The molecular formula is C18H30N8O6S. The Labute approximate surface area is 191 Å². The van der Waals surface area contributed by atoms with Crippen molar-refractivity contribution in [2.75, 3.05) is 70.8 Å². The number of sulfonamides is 1. The SMILES string of the molecule is NCCN1CCNC(=O)C1.NS(=O)(=O)c1ccc(NCCN2CCNC(=O)C2)c([N+](=O)[O-])c1. The Balaban J connectivity index is 0.000000321. The summed E-state index contributed by atoms with van der Waals surface area (Å²) in [4.78, 5) is 36.1. The zero-order valence-electron chi connectivity index (χ0n) is 18.2. The maximum atomic E-state index is 11.3. The van der Waals surface area contributed by atoms with Crippen LogP contribution in [0.4, 0.5) is 11.4 Å². The van der Waals surface area contributed by atoms with Crippen LogP contribution in [-0.2, 0) is 19.6 Å². The van der Waals surface area contributed by atoms with E-state index in [-0.39, 0.29) is 34.6 Å². The summed E-state index contributed by atoms with van der Waals surface area (Å²) in [5, 5.41) is 24.4. The molecule has 0 bridgehead atoms. The molecule has 2 saturated heterocycles. The smallest absolute Gasteiger partial charge is 0.293 e. The topological polar surface area (TPSA) is 206 Å². The molecule has 0 atom stereocenters. The minimum absolute atomic E-state index is 0.0558. The van der Waals surface area contributed by atoms with Crippen molar-refractivity contribution >= 4 is 33.2 Å². The Bertz CT molecular complexity index is 955. The number of nitrogens with two attached hydrogens (primary N) is 2. The fourth-order valence-corrected chi connectivity index (χ4v) is 3.82. The number of hydrogen-bond donors (Lipinski definition) is 5. The molecule has 15 heteroatoms. The van der Waals surface area contributed by atoms with E-state index in [0.29, 0.717) is 39.3 Å². The minimum Gasteiger partial charge on any atom is -0.378 e. The monoisotopic (exact) mass is 486 g/mol. The Hall–Kier alpha value is -2.85. The van der Waals surface area contributed by atoms with E-state index < -0.39 is 14.9 Å². The van der Waals surface area contributed by atoms with Crippen LogP contribution in [0.2, 0.25) is 0 Å². The molecule has 0 aromatic heterocycles. The molecule has 184 valence electrons. The summed E-state index contributed by atoms with van der Waals surface area (Å²) in [5.41, 5.74) is 5.16. The first-order chi connectivity index (χ1) is 15.6. The van der Waals surface area contributed by atoms with Crippen molar-refractivity contribution in [3.05, 3.63) is 28.3 Å². The lowest BCUT2D eigenvalue weighted by molar-refractivity contribution is -0.384. The average Bonchev–Trinajstić information content (AvgIpc) is 2.74. The van der Waals surface area contributed by atoms with Gasteiger partial charge in [-0.1, -0.05) is 0 Å². The van der Waals surface area contributed by atoms with Crippen molar-refractivity contribution in [3.63, 3.8) is 0 Å². The van der Waals surface area contributed by atoms with Crippen LogP contribution >= 0.6 is 0 Å². The first-order valence-electron chi connectivity index (χ1n) is 10.3. The van der Waals surface area contributed by atoms with E-state index >= 15 is 0 Å². The van der Waals surface area contributed by atoms with E-state index in [2.05, 4.69) is 20.9 Å². The Morgan fingerprint density at radius 3 is 2.12 bits per heavy atom. The van der Waals surface area contributed by atoms with Gasteiger partial charge in [0.2, 0.25) is 21.8 Å². The molecule has 2 fully saturated rings. The number of anilines is 1. The number of primary sulfonamides is 1. The van der Waals surface area contributed by atoms with Crippen LogP contribution in [0.1, 0.15) is 0 Å².